The number of urea groups is 1. The van der Waals surface area contributed by atoms with Gasteiger partial charge in [-0.15, -0.1) is 0 Å². The maximum Gasteiger partial charge on any atom is 0.325 e. The topological polar surface area (TPSA) is 78.7 Å². The molecule has 0 spiro atoms. The molecular formula is C25H22F4N4O2. The number of amides is 3. The van der Waals surface area contributed by atoms with Gasteiger partial charge in [-0.2, -0.15) is 0 Å². The summed E-state index contributed by atoms with van der Waals surface area (Å²) < 4.78 is 55.4. The first-order chi connectivity index (χ1) is 16.6. The van der Waals surface area contributed by atoms with Crippen molar-refractivity contribution in [1.29, 1.82) is 0 Å². The fourth-order valence-electron chi connectivity index (χ4n) is 3.99. The zero-order valence-electron chi connectivity index (χ0n) is 18.9. The Labute approximate surface area is 198 Å². The first-order valence-corrected chi connectivity index (χ1v) is 10.7. The van der Waals surface area contributed by atoms with E-state index in [-0.39, 0.29) is 23.7 Å². The first kappa shape index (κ1) is 24.1. The zero-order valence-corrected chi connectivity index (χ0v) is 18.9. The van der Waals surface area contributed by atoms with Crippen molar-refractivity contribution < 1.29 is 27.2 Å². The molecule has 3 aromatic rings. The number of nitrogens with one attached hydrogen (secondary N) is 1. The van der Waals surface area contributed by atoms with Gasteiger partial charge >= 0.3 is 6.03 Å². The zero-order chi connectivity index (χ0) is 25.4. The van der Waals surface area contributed by atoms with Gasteiger partial charge < -0.3 is 16.0 Å². The van der Waals surface area contributed by atoms with E-state index in [4.69, 9.17) is 5.73 Å². The van der Waals surface area contributed by atoms with Crippen molar-refractivity contribution in [1.82, 2.24) is 10.2 Å². The Morgan fingerprint density at radius 1 is 1.00 bits per heavy atom. The molecule has 3 N–H and O–H groups in total. The molecule has 6 nitrogen and oxygen atoms in total. The summed E-state index contributed by atoms with van der Waals surface area (Å²) in [5.74, 6) is -4.50. The number of fused-ring (bicyclic) bond motifs is 1. The predicted molar refractivity (Wildman–Crippen MR) is 122 cm³/mol. The van der Waals surface area contributed by atoms with Crippen molar-refractivity contribution in [2.24, 2.45) is 0 Å². The van der Waals surface area contributed by atoms with Crippen LogP contribution < -0.4 is 16.0 Å². The number of hydrogen-bond acceptors (Lipinski definition) is 3. The van der Waals surface area contributed by atoms with Gasteiger partial charge in [0.25, 0.3) is 5.91 Å². The molecule has 4 rings (SSSR count). The van der Waals surface area contributed by atoms with E-state index in [2.05, 4.69) is 5.32 Å². The van der Waals surface area contributed by atoms with Crippen molar-refractivity contribution >= 4 is 23.3 Å². The molecule has 0 radical (unpaired) electrons. The molecule has 0 saturated heterocycles. The Morgan fingerprint density at radius 3 is 2.37 bits per heavy atom. The van der Waals surface area contributed by atoms with E-state index in [9.17, 15) is 27.2 Å². The Hall–Kier alpha value is -4.08. The van der Waals surface area contributed by atoms with Crippen LogP contribution in [-0.2, 0) is 13.1 Å². The summed E-state index contributed by atoms with van der Waals surface area (Å²) in [5, 5.41) is 2.40. The minimum absolute atomic E-state index is 0.120. The van der Waals surface area contributed by atoms with Gasteiger partial charge in [-0.1, -0.05) is 6.07 Å². The van der Waals surface area contributed by atoms with Crippen LogP contribution in [0.25, 0.3) is 0 Å². The van der Waals surface area contributed by atoms with E-state index in [0.29, 0.717) is 23.5 Å². The Kier molecular flexibility index (Phi) is 6.38. The van der Waals surface area contributed by atoms with Crippen LogP contribution in [0.5, 0.6) is 0 Å². The number of nitrogens with two attached hydrogens (primary N) is 1. The van der Waals surface area contributed by atoms with Crippen LogP contribution in [0.1, 0.15) is 40.0 Å². The van der Waals surface area contributed by atoms with E-state index >= 15 is 0 Å². The maximum atomic E-state index is 14.4. The van der Waals surface area contributed by atoms with Gasteiger partial charge in [-0.05, 0) is 42.8 Å². The minimum atomic E-state index is -1.12. The van der Waals surface area contributed by atoms with Crippen LogP contribution in [0.3, 0.4) is 0 Å². The summed E-state index contributed by atoms with van der Waals surface area (Å²) in [5.41, 5.74) is 7.07. The number of carbonyl (C=O) groups is 2. The largest absolute Gasteiger partial charge is 0.399 e. The molecule has 0 fully saturated rings. The van der Waals surface area contributed by atoms with E-state index in [1.165, 1.54) is 40.1 Å². The van der Waals surface area contributed by atoms with Gasteiger partial charge in [-0.25, -0.2) is 22.4 Å². The number of hydrogen-bond donors (Lipinski definition) is 2. The van der Waals surface area contributed by atoms with Crippen molar-refractivity contribution in [2.45, 2.75) is 26.1 Å². The molecule has 1 unspecified atom stereocenters. The number of benzene rings is 3. The van der Waals surface area contributed by atoms with Crippen molar-refractivity contribution in [3.05, 3.63) is 94.1 Å². The van der Waals surface area contributed by atoms with E-state index in [0.717, 1.165) is 5.56 Å². The van der Waals surface area contributed by atoms with E-state index in [1.54, 1.807) is 13.1 Å². The third-order valence-corrected chi connectivity index (χ3v) is 6.08. The lowest BCUT2D eigenvalue weighted by atomic mass is 9.98. The molecule has 1 heterocycles. The molecule has 0 aliphatic carbocycles. The smallest absolute Gasteiger partial charge is 0.325 e. The lowest BCUT2D eigenvalue weighted by Gasteiger charge is -2.39. The molecule has 1 aliphatic rings. The molecule has 35 heavy (non-hydrogen) atoms. The molecule has 3 amide bonds. The molecule has 3 aromatic carbocycles. The molecule has 0 bridgehead atoms. The number of carbonyl (C=O) groups excluding carboxylic acids is 2. The third kappa shape index (κ3) is 4.64. The first-order valence-electron chi connectivity index (χ1n) is 10.7. The lowest BCUT2D eigenvalue weighted by Crippen LogP contribution is -2.46. The highest BCUT2D eigenvalue weighted by Gasteiger charge is 2.34. The lowest BCUT2D eigenvalue weighted by molar-refractivity contribution is 0.0950. The van der Waals surface area contributed by atoms with E-state index in [1.807, 2.05) is 6.92 Å². The second-order valence-corrected chi connectivity index (χ2v) is 8.31. The quantitative estimate of drug-likeness (QED) is 0.398. The van der Waals surface area contributed by atoms with Crippen molar-refractivity contribution in [3.8, 4) is 0 Å². The normalized spacial score (nSPS) is 15.3. The van der Waals surface area contributed by atoms with Gasteiger partial charge in [0.1, 0.15) is 23.3 Å². The molecule has 10 heteroatoms. The van der Waals surface area contributed by atoms with Crippen LogP contribution in [0, 0.1) is 23.3 Å². The van der Waals surface area contributed by atoms with Crippen LogP contribution in [0.15, 0.2) is 48.5 Å². The summed E-state index contributed by atoms with van der Waals surface area (Å²) in [6, 6.07) is 9.04. The summed E-state index contributed by atoms with van der Waals surface area (Å²) in [6.07, 6.45) is 0. The second-order valence-electron chi connectivity index (χ2n) is 8.31. The standard InChI is InChI=1S/C25H22F4N4O2/c1-13-18-5-3-14(24(34)31-11-19-21(28)9-16(26)10-22(19)29)8-23(18)33(25(35)32(13)2)12-15-7-17(30)4-6-20(15)27/h3-10,13H,11-12,30H2,1-2H3,(H,31,34). The van der Waals surface area contributed by atoms with Crippen LogP contribution in [0.2, 0.25) is 0 Å². The van der Waals surface area contributed by atoms with Gasteiger partial charge in [0.2, 0.25) is 0 Å². The predicted octanol–water partition coefficient (Wildman–Crippen LogP) is 4.89. The highest BCUT2D eigenvalue weighted by Crippen LogP contribution is 2.37. The van der Waals surface area contributed by atoms with Gasteiger partial charge in [-0.3, -0.25) is 9.69 Å². The average molecular weight is 486 g/mol. The number of halogens is 4. The fraction of sp³-hybridized carbons (Fsp3) is 0.200. The SMILES string of the molecule is CC1c2ccc(C(=O)NCc3c(F)cc(F)cc3F)cc2N(Cc2cc(N)ccc2F)C(=O)N1C. The van der Waals surface area contributed by atoms with Gasteiger partial charge in [0.05, 0.1) is 18.3 Å². The minimum Gasteiger partial charge on any atom is -0.399 e. The van der Waals surface area contributed by atoms with Crippen LogP contribution >= 0.6 is 0 Å². The van der Waals surface area contributed by atoms with Crippen LogP contribution in [-0.4, -0.2) is 23.9 Å². The molecular weight excluding hydrogens is 464 g/mol. The molecule has 1 atom stereocenters. The third-order valence-electron chi connectivity index (χ3n) is 6.08. The second kappa shape index (κ2) is 9.28. The van der Waals surface area contributed by atoms with Crippen molar-refractivity contribution in [3.63, 3.8) is 0 Å². The Bertz CT molecular complexity index is 1310. The maximum absolute atomic E-state index is 14.4. The van der Waals surface area contributed by atoms with Gasteiger partial charge in [0, 0.05) is 48.1 Å². The fourth-order valence-corrected chi connectivity index (χ4v) is 3.99. The Morgan fingerprint density at radius 2 is 1.69 bits per heavy atom. The number of nitrogens with zero attached hydrogens (tertiary/aromatic N) is 2. The van der Waals surface area contributed by atoms with Crippen LogP contribution in [0.4, 0.5) is 33.7 Å². The highest BCUT2D eigenvalue weighted by atomic mass is 19.1. The monoisotopic (exact) mass is 486 g/mol. The molecule has 0 saturated carbocycles. The molecule has 182 valence electrons. The summed E-state index contributed by atoms with van der Waals surface area (Å²) in [6.45, 7) is 1.18. The van der Waals surface area contributed by atoms with Gasteiger partial charge in [0.15, 0.2) is 0 Å². The number of rotatable bonds is 5. The summed E-state index contributed by atoms with van der Waals surface area (Å²) >= 11 is 0. The Balaban J connectivity index is 1.64. The number of nitrogen functional groups attached to an aromatic ring is 1. The van der Waals surface area contributed by atoms with Crippen molar-refractivity contribution in [2.75, 3.05) is 17.7 Å². The summed E-state index contributed by atoms with van der Waals surface area (Å²) in [7, 11) is 1.62. The summed E-state index contributed by atoms with van der Waals surface area (Å²) in [4.78, 5) is 28.7. The highest BCUT2D eigenvalue weighted by molar-refractivity contribution is 5.99. The molecule has 1 aliphatic heterocycles. The van der Waals surface area contributed by atoms with E-state index < -0.39 is 47.3 Å². The number of anilines is 2. The average Bonchev–Trinajstić information content (AvgIpc) is 2.81. The molecule has 0 aromatic heterocycles.